The first-order valence-corrected chi connectivity index (χ1v) is 7.61. The van der Waals surface area contributed by atoms with Crippen LogP contribution in [0.3, 0.4) is 0 Å². The quantitative estimate of drug-likeness (QED) is 0.930. The summed E-state index contributed by atoms with van der Waals surface area (Å²) in [5.74, 6) is 0.0328. The van der Waals surface area contributed by atoms with Crippen molar-refractivity contribution in [1.29, 1.82) is 0 Å². The lowest BCUT2D eigenvalue weighted by atomic mass is 10.2. The van der Waals surface area contributed by atoms with Crippen LogP contribution in [-0.2, 0) is 17.1 Å². The molecule has 0 atom stereocenters. The van der Waals surface area contributed by atoms with Crippen LogP contribution in [0.25, 0.3) is 0 Å². The summed E-state index contributed by atoms with van der Waals surface area (Å²) in [4.78, 5) is 0.129. The zero-order valence-corrected chi connectivity index (χ0v) is 12.4. The molecule has 1 aromatic carbocycles. The van der Waals surface area contributed by atoms with Gasteiger partial charge in [0, 0.05) is 25.9 Å². The second kappa shape index (κ2) is 5.16. The molecule has 0 saturated carbocycles. The number of phenolic OH excluding ortho intramolecular Hbond substituents is 1. The van der Waals surface area contributed by atoms with E-state index in [0.717, 1.165) is 5.56 Å². The molecular formula is C13H17N3O3S. The molecular weight excluding hydrogens is 278 g/mol. The summed E-state index contributed by atoms with van der Waals surface area (Å²) in [6.45, 7) is 3.81. The van der Waals surface area contributed by atoms with Crippen molar-refractivity contribution in [2.24, 2.45) is 7.05 Å². The molecule has 0 aliphatic heterocycles. The highest BCUT2D eigenvalue weighted by Crippen LogP contribution is 2.29. The Labute approximate surface area is 118 Å². The van der Waals surface area contributed by atoms with E-state index in [1.54, 1.807) is 27.0 Å². The summed E-state index contributed by atoms with van der Waals surface area (Å²) in [5, 5.41) is 13.5. The third kappa shape index (κ3) is 2.49. The third-order valence-corrected chi connectivity index (χ3v) is 4.86. The van der Waals surface area contributed by atoms with Gasteiger partial charge in [-0.2, -0.15) is 5.10 Å². The van der Waals surface area contributed by atoms with E-state index in [4.69, 9.17) is 0 Å². The van der Waals surface area contributed by atoms with Gasteiger partial charge in [0.15, 0.2) is 0 Å². The Bertz CT molecular complexity index is 722. The number of hydrogen-bond acceptors (Lipinski definition) is 4. The highest BCUT2D eigenvalue weighted by molar-refractivity contribution is 7.92. The first kappa shape index (κ1) is 14.4. The van der Waals surface area contributed by atoms with Gasteiger partial charge in [-0.05, 0) is 25.5 Å². The van der Waals surface area contributed by atoms with Gasteiger partial charge in [0.1, 0.15) is 10.6 Å². The molecule has 0 fully saturated rings. The first-order valence-electron chi connectivity index (χ1n) is 6.17. The molecule has 2 aromatic rings. The van der Waals surface area contributed by atoms with E-state index in [1.165, 1.54) is 33.5 Å². The Kier molecular flexibility index (Phi) is 3.71. The molecule has 0 aliphatic carbocycles. The Morgan fingerprint density at radius 3 is 2.65 bits per heavy atom. The van der Waals surface area contributed by atoms with Crippen molar-refractivity contribution in [3.8, 4) is 5.75 Å². The second-order valence-corrected chi connectivity index (χ2v) is 6.35. The van der Waals surface area contributed by atoms with Crippen LogP contribution in [0.2, 0.25) is 0 Å². The van der Waals surface area contributed by atoms with Crippen molar-refractivity contribution in [2.75, 3.05) is 10.8 Å². The van der Waals surface area contributed by atoms with E-state index in [-0.39, 0.29) is 17.2 Å². The highest BCUT2D eigenvalue weighted by Gasteiger charge is 2.26. The fourth-order valence-corrected chi connectivity index (χ4v) is 3.51. The molecule has 0 amide bonds. The topological polar surface area (TPSA) is 75.4 Å². The van der Waals surface area contributed by atoms with Crippen molar-refractivity contribution in [1.82, 2.24) is 9.78 Å². The minimum Gasteiger partial charge on any atom is -0.508 e. The van der Waals surface area contributed by atoms with Crippen molar-refractivity contribution < 1.29 is 13.5 Å². The molecule has 1 N–H and O–H groups in total. The minimum atomic E-state index is -3.68. The van der Waals surface area contributed by atoms with Crippen molar-refractivity contribution in [3.05, 3.63) is 36.2 Å². The zero-order chi connectivity index (χ0) is 14.9. The maximum Gasteiger partial charge on any atom is 0.267 e. The van der Waals surface area contributed by atoms with Crippen LogP contribution < -0.4 is 4.31 Å². The van der Waals surface area contributed by atoms with Crippen molar-refractivity contribution in [3.63, 3.8) is 0 Å². The number of phenols is 1. The van der Waals surface area contributed by atoms with Crippen LogP contribution in [0.15, 0.2) is 35.5 Å². The van der Waals surface area contributed by atoms with Crippen LogP contribution >= 0.6 is 0 Å². The van der Waals surface area contributed by atoms with Gasteiger partial charge in [0.2, 0.25) is 0 Å². The number of aromatic hydroxyl groups is 1. The predicted octanol–water partition coefficient (Wildman–Crippen LogP) is 1.65. The molecule has 20 heavy (non-hydrogen) atoms. The summed E-state index contributed by atoms with van der Waals surface area (Å²) in [6.07, 6.45) is 2.77. The van der Waals surface area contributed by atoms with Gasteiger partial charge in [-0.25, -0.2) is 8.42 Å². The molecule has 1 aromatic heterocycles. The van der Waals surface area contributed by atoms with Crippen LogP contribution in [0.5, 0.6) is 5.75 Å². The SMILES string of the molecule is CCN(c1cc(O)ccc1C)S(=O)(=O)c1cnn(C)c1. The van der Waals surface area contributed by atoms with Crippen LogP contribution in [-0.4, -0.2) is 29.8 Å². The predicted molar refractivity (Wildman–Crippen MR) is 76.3 cm³/mol. The van der Waals surface area contributed by atoms with Gasteiger partial charge in [-0.1, -0.05) is 6.07 Å². The van der Waals surface area contributed by atoms with E-state index in [1.807, 2.05) is 0 Å². The monoisotopic (exact) mass is 295 g/mol. The smallest absolute Gasteiger partial charge is 0.267 e. The van der Waals surface area contributed by atoms with Crippen LogP contribution in [0, 0.1) is 6.92 Å². The molecule has 1 heterocycles. The molecule has 0 spiro atoms. The molecule has 6 nitrogen and oxygen atoms in total. The van der Waals surface area contributed by atoms with Crippen LogP contribution in [0.4, 0.5) is 5.69 Å². The number of sulfonamides is 1. The molecule has 7 heteroatoms. The number of benzene rings is 1. The molecule has 108 valence electrons. The maximum atomic E-state index is 12.6. The van der Waals surface area contributed by atoms with E-state index in [2.05, 4.69) is 5.10 Å². The number of nitrogens with zero attached hydrogens (tertiary/aromatic N) is 3. The Hall–Kier alpha value is -2.02. The van der Waals surface area contributed by atoms with Crippen LogP contribution in [0.1, 0.15) is 12.5 Å². The fourth-order valence-electron chi connectivity index (χ4n) is 2.00. The lowest BCUT2D eigenvalue weighted by Crippen LogP contribution is -2.31. The lowest BCUT2D eigenvalue weighted by Gasteiger charge is -2.23. The zero-order valence-electron chi connectivity index (χ0n) is 11.6. The molecule has 0 aliphatic rings. The average Bonchev–Trinajstić information content (AvgIpc) is 2.81. The third-order valence-electron chi connectivity index (χ3n) is 3.02. The first-order chi connectivity index (χ1) is 9.36. The van der Waals surface area contributed by atoms with Gasteiger partial charge in [-0.15, -0.1) is 0 Å². The van der Waals surface area contributed by atoms with Gasteiger partial charge >= 0.3 is 0 Å². The Morgan fingerprint density at radius 1 is 1.40 bits per heavy atom. The Balaban J connectivity index is 2.54. The normalized spacial score (nSPS) is 11.6. The van der Waals surface area contributed by atoms with Crippen molar-refractivity contribution >= 4 is 15.7 Å². The molecule has 0 unspecified atom stereocenters. The largest absolute Gasteiger partial charge is 0.508 e. The minimum absolute atomic E-state index is 0.0328. The number of rotatable bonds is 4. The lowest BCUT2D eigenvalue weighted by molar-refractivity contribution is 0.475. The summed E-state index contributed by atoms with van der Waals surface area (Å²) in [5.41, 5.74) is 1.24. The Morgan fingerprint density at radius 2 is 2.10 bits per heavy atom. The maximum absolute atomic E-state index is 12.6. The molecule has 0 bridgehead atoms. The number of aryl methyl sites for hydroxylation is 2. The second-order valence-electron chi connectivity index (χ2n) is 4.49. The number of hydrogen-bond donors (Lipinski definition) is 1. The standard InChI is InChI=1S/C13H17N3O3S/c1-4-16(13-7-11(17)6-5-10(13)2)20(18,19)12-8-14-15(3)9-12/h5-9,17H,4H2,1-3H3. The van der Waals surface area contributed by atoms with Gasteiger partial charge in [0.05, 0.1) is 11.9 Å². The average molecular weight is 295 g/mol. The highest BCUT2D eigenvalue weighted by atomic mass is 32.2. The number of aromatic nitrogens is 2. The van der Waals surface area contributed by atoms with Gasteiger partial charge < -0.3 is 5.11 Å². The van der Waals surface area contributed by atoms with Gasteiger partial charge in [-0.3, -0.25) is 8.99 Å². The molecule has 2 rings (SSSR count). The summed E-state index contributed by atoms with van der Waals surface area (Å²) < 4.78 is 28.0. The molecule has 0 saturated heterocycles. The van der Waals surface area contributed by atoms with E-state index < -0.39 is 10.0 Å². The van der Waals surface area contributed by atoms with Gasteiger partial charge in [0.25, 0.3) is 10.0 Å². The summed E-state index contributed by atoms with van der Waals surface area (Å²) in [7, 11) is -2.02. The van der Waals surface area contributed by atoms with Crippen molar-refractivity contribution in [2.45, 2.75) is 18.7 Å². The number of anilines is 1. The fraction of sp³-hybridized carbons (Fsp3) is 0.308. The summed E-state index contributed by atoms with van der Waals surface area (Å²) >= 11 is 0. The molecule has 0 radical (unpaired) electrons. The van der Waals surface area contributed by atoms with E-state index >= 15 is 0 Å². The van der Waals surface area contributed by atoms with E-state index in [9.17, 15) is 13.5 Å². The van der Waals surface area contributed by atoms with E-state index in [0.29, 0.717) is 5.69 Å². The summed E-state index contributed by atoms with van der Waals surface area (Å²) in [6, 6.07) is 4.67.